The highest BCUT2D eigenvalue weighted by molar-refractivity contribution is 7.81. The maximum Gasteiger partial charge on any atom is 0.0570 e. The Morgan fingerprint density at radius 2 is 2.08 bits per heavy atom. The second kappa shape index (κ2) is 3.37. The van der Waals surface area contributed by atoms with Crippen molar-refractivity contribution in [3.63, 3.8) is 0 Å². The van der Waals surface area contributed by atoms with E-state index < -0.39 is 8.07 Å². The van der Waals surface area contributed by atoms with Gasteiger partial charge < -0.3 is 0 Å². The van der Waals surface area contributed by atoms with Crippen molar-refractivity contribution in [1.29, 1.82) is 0 Å². The molecule has 0 aromatic heterocycles. The van der Waals surface area contributed by atoms with E-state index in [9.17, 15) is 0 Å². The van der Waals surface area contributed by atoms with Crippen LogP contribution in [0.15, 0.2) is 0 Å². The van der Waals surface area contributed by atoms with Crippen LogP contribution in [0.25, 0.3) is 0 Å². The van der Waals surface area contributed by atoms with Gasteiger partial charge in [-0.3, -0.25) is 0 Å². The van der Waals surface area contributed by atoms with E-state index in [0.29, 0.717) is 10.3 Å². The second-order valence-corrected chi connectivity index (χ2v) is 11.3. The summed E-state index contributed by atoms with van der Waals surface area (Å²) in [6, 6.07) is 2.95. The molecule has 1 aliphatic heterocycles. The van der Waals surface area contributed by atoms with Crippen LogP contribution in [-0.2, 0) is 0 Å². The first-order valence-electron chi connectivity index (χ1n) is 5.12. The third kappa shape index (κ3) is 1.48. The Hall–Kier alpha value is 0.567. The molecule has 0 aromatic rings. The van der Waals surface area contributed by atoms with Gasteiger partial charge in [-0.15, -0.1) is 0 Å². The number of rotatable bonds is 1. The fraction of sp³-hybridized carbons (Fsp3) is 1.00. The molecule has 1 rings (SSSR count). The molecule has 0 aliphatic carbocycles. The molecule has 0 spiro atoms. The zero-order chi connectivity index (χ0) is 9.41. The Balaban J connectivity index is 2.86. The maximum absolute atomic E-state index is 4.74. The lowest BCUT2D eigenvalue weighted by molar-refractivity contribution is 0.523. The molecule has 72 valence electrons. The molecular formula is C10H22SSi. The van der Waals surface area contributed by atoms with E-state index in [0.717, 1.165) is 0 Å². The molecule has 2 atom stereocenters. The van der Waals surface area contributed by atoms with Gasteiger partial charge in [0.25, 0.3) is 0 Å². The first kappa shape index (κ1) is 10.6. The Morgan fingerprint density at radius 1 is 1.50 bits per heavy atom. The lowest BCUT2D eigenvalue weighted by Gasteiger charge is -2.50. The Labute approximate surface area is 83.6 Å². The van der Waals surface area contributed by atoms with E-state index >= 15 is 0 Å². The fourth-order valence-corrected chi connectivity index (χ4v) is 7.36. The van der Waals surface area contributed by atoms with E-state index in [1.165, 1.54) is 24.9 Å². The summed E-state index contributed by atoms with van der Waals surface area (Å²) in [5, 5.41) is 1.20. The van der Waals surface area contributed by atoms with Gasteiger partial charge >= 0.3 is 0 Å². The molecule has 1 fully saturated rings. The third-order valence-electron chi connectivity index (χ3n) is 4.38. The number of hydrogen-bond donors (Lipinski definition) is 1. The van der Waals surface area contributed by atoms with Crippen molar-refractivity contribution < 1.29 is 0 Å². The van der Waals surface area contributed by atoms with Gasteiger partial charge in [0.15, 0.2) is 0 Å². The quantitative estimate of drug-likeness (QED) is 0.483. The fourth-order valence-electron chi connectivity index (χ4n) is 2.40. The van der Waals surface area contributed by atoms with E-state index in [1.54, 1.807) is 0 Å². The number of hydrogen-bond acceptors (Lipinski definition) is 1. The van der Waals surface area contributed by atoms with E-state index in [-0.39, 0.29) is 0 Å². The summed E-state index contributed by atoms with van der Waals surface area (Å²) in [6.45, 7) is 9.83. The summed E-state index contributed by atoms with van der Waals surface area (Å²) >= 11 is 4.74. The highest BCUT2D eigenvalue weighted by atomic mass is 32.1. The molecule has 12 heavy (non-hydrogen) atoms. The molecular weight excluding hydrogens is 180 g/mol. The standard InChI is InChI=1S/C10H22SSi/c1-5-12(4)8-6-7-9(11)10(12,2)3/h9,11H,5-8H2,1-4H3. The predicted molar refractivity (Wildman–Crippen MR) is 63.0 cm³/mol. The SMILES string of the molecule is CC[Si]1(C)CCCC(S)C1(C)C. The van der Waals surface area contributed by atoms with Crippen molar-refractivity contribution in [2.45, 2.75) is 62.5 Å². The van der Waals surface area contributed by atoms with Crippen LogP contribution in [0, 0.1) is 0 Å². The highest BCUT2D eigenvalue weighted by Gasteiger charge is 2.47. The van der Waals surface area contributed by atoms with Crippen LogP contribution in [0.1, 0.15) is 33.6 Å². The Bertz CT molecular complexity index is 164. The first-order valence-corrected chi connectivity index (χ1v) is 8.55. The van der Waals surface area contributed by atoms with Crippen LogP contribution in [0.4, 0.5) is 0 Å². The van der Waals surface area contributed by atoms with Gasteiger partial charge in [-0.2, -0.15) is 12.6 Å². The molecule has 1 saturated heterocycles. The largest absolute Gasteiger partial charge is 0.176 e. The van der Waals surface area contributed by atoms with E-state index in [2.05, 4.69) is 27.3 Å². The molecule has 0 N–H and O–H groups in total. The topological polar surface area (TPSA) is 0 Å². The maximum atomic E-state index is 4.74. The Kier molecular flexibility index (Phi) is 2.99. The summed E-state index contributed by atoms with van der Waals surface area (Å²) in [5.41, 5.74) is 0. The van der Waals surface area contributed by atoms with Crippen LogP contribution in [-0.4, -0.2) is 13.3 Å². The van der Waals surface area contributed by atoms with Crippen molar-refractivity contribution in [2.24, 2.45) is 0 Å². The minimum Gasteiger partial charge on any atom is -0.176 e. The van der Waals surface area contributed by atoms with Crippen LogP contribution < -0.4 is 0 Å². The molecule has 0 bridgehead atoms. The third-order valence-corrected chi connectivity index (χ3v) is 12.0. The van der Waals surface area contributed by atoms with Gasteiger partial charge in [-0.05, 0) is 11.5 Å². The van der Waals surface area contributed by atoms with Crippen molar-refractivity contribution in [3.8, 4) is 0 Å². The zero-order valence-electron chi connectivity index (χ0n) is 8.85. The van der Waals surface area contributed by atoms with Crippen molar-refractivity contribution >= 4 is 20.7 Å². The molecule has 0 amide bonds. The zero-order valence-corrected chi connectivity index (χ0v) is 10.7. The molecule has 0 saturated carbocycles. The van der Waals surface area contributed by atoms with Crippen molar-refractivity contribution in [1.82, 2.24) is 0 Å². The summed E-state index contributed by atoms with van der Waals surface area (Å²) in [4.78, 5) is 0. The monoisotopic (exact) mass is 202 g/mol. The van der Waals surface area contributed by atoms with Crippen LogP contribution >= 0.6 is 12.6 Å². The van der Waals surface area contributed by atoms with Crippen molar-refractivity contribution in [3.05, 3.63) is 0 Å². The normalized spacial score (nSPS) is 41.2. The van der Waals surface area contributed by atoms with Gasteiger partial charge in [0.2, 0.25) is 0 Å². The first-order chi connectivity index (χ1) is 5.44. The highest BCUT2D eigenvalue weighted by Crippen LogP contribution is 2.52. The predicted octanol–water partition coefficient (Wildman–Crippen LogP) is 3.96. The lowest BCUT2D eigenvalue weighted by atomic mass is 10.0. The van der Waals surface area contributed by atoms with Crippen LogP contribution in [0.2, 0.25) is 23.7 Å². The molecule has 0 nitrogen and oxygen atoms in total. The van der Waals surface area contributed by atoms with Crippen LogP contribution in [0.3, 0.4) is 0 Å². The lowest BCUT2D eigenvalue weighted by Crippen LogP contribution is -2.49. The molecule has 1 heterocycles. The van der Waals surface area contributed by atoms with Gasteiger partial charge in [0.1, 0.15) is 0 Å². The van der Waals surface area contributed by atoms with Gasteiger partial charge in [0.05, 0.1) is 8.07 Å². The minimum absolute atomic E-state index is 0.545. The molecule has 0 radical (unpaired) electrons. The summed E-state index contributed by atoms with van der Waals surface area (Å²) in [6.07, 6.45) is 2.76. The summed E-state index contributed by atoms with van der Waals surface area (Å²) in [5.74, 6) is 0. The second-order valence-electron chi connectivity index (χ2n) is 5.04. The van der Waals surface area contributed by atoms with E-state index in [4.69, 9.17) is 12.6 Å². The van der Waals surface area contributed by atoms with Crippen molar-refractivity contribution in [2.75, 3.05) is 0 Å². The molecule has 0 aromatic carbocycles. The average molecular weight is 202 g/mol. The molecule has 2 unspecified atom stereocenters. The smallest absolute Gasteiger partial charge is 0.0570 e. The van der Waals surface area contributed by atoms with Gasteiger partial charge in [0, 0.05) is 5.25 Å². The van der Waals surface area contributed by atoms with Gasteiger partial charge in [-0.25, -0.2) is 0 Å². The van der Waals surface area contributed by atoms with E-state index in [1.807, 2.05) is 0 Å². The summed E-state index contributed by atoms with van der Waals surface area (Å²) in [7, 11) is -0.978. The number of thiol groups is 1. The molecule has 1 aliphatic rings. The molecule has 2 heteroatoms. The minimum atomic E-state index is -0.978. The summed E-state index contributed by atoms with van der Waals surface area (Å²) < 4.78 is 0. The Morgan fingerprint density at radius 3 is 2.50 bits per heavy atom. The van der Waals surface area contributed by atoms with Crippen LogP contribution in [0.5, 0.6) is 0 Å². The average Bonchev–Trinajstić information content (AvgIpc) is 2.01. The van der Waals surface area contributed by atoms with Gasteiger partial charge in [-0.1, -0.05) is 45.8 Å².